The minimum atomic E-state index is -0.213. The number of morpholine rings is 1. The Labute approximate surface area is 178 Å². The van der Waals surface area contributed by atoms with Crippen molar-refractivity contribution < 1.29 is 9.53 Å². The van der Waals surface area contributed by atoms with E-state index >= 15 is 0 Å². The Morgan fingerprint density at radius 3 is 2.57 bits per heavy atom. The maximum Gasteiger partial charge on any atom is 0.286 e. The summed E-state index contributed by atoms with van der Waals surface area (Å²) in [6.07, 6.45) is 7.30. The molecule has 0 aliphatic carbocycles. The summed E-state index contributed by atoms with van der Waals surface area (Å²) in [4.78, 5) is 23.6. The Bertz CT molecular complexity index is 1120. The predicted octanol–water partition coefficient (Wildman–Crippen LogP) is 3.24. The van der Waals surface area contributed by atoms with E-state index in [-0.39, 0.29) is 5.91 Å². The van der Waals surface area contributed by atoms with Crippen molar-refractivity contribution in [2.75, 3.05) is 26.3 Å². The predicted molar refractivity (Wildman–Crippen MR) is 117 cm³/mol. The van der Waals surface area contributed by atoms with Crippen LogP contribution in [0.4, 0.5) is 0 Å². The van der Waals surface area contributed by atoms with Crippen molar-refractivity contribution in [1.82, 2.24) is 19.7 Å². The molecule has 7 nitrogen and oxygen atoms in total. The summed E-state index contributed by atoms with van der Waals surface area (Å²) in [7, 11) is 0. The minimum Gasteiger partial charge on any atom is -0.378 e. The van der Waals surface area contributed by atoms with Crippen molar-refractivity contribution in [3.8, 4) is 16.9 Å². The molecule has 3 aromatic rings. The van der Waals surface area contributed by atoms with Gasteiger partial charge in [0.2, 0.25) is 0 Å². The lowest BCUT2D eigenvalue weighted by molar-refractivity contribution is -0.113. The second-order valence-corrected chi connectivity index (χ2v) is 7.87. The molecule has 2 aliphatic rings. The first-order chi connectivity index (χ1) is 14.8. The number of ether oxygens (including phenoxy) is 1. The van der Waals surface area contributed by atoms with Gasteiger partial charge in [0.05, 0.1) is 23.8 Å². The van der Waals surface area contributed by atoms with Crippen molar-refractivity contribution in [1.29, 1.82) is 0 Å². The monoisotopic (exact) mass is 417 g/mol. The molecule has 1 amide bonds. The Kier molecular flexibility index (Phi) is 5.17. The lowest BCUT2D eigenvalue weighted by Gasteiger charge is -2.27. The first-order valence-electron chi connectivity index (χ1n) is 9.69. The number of aromatic nitrogens is 3. The maximum absolute atomic E-state index is 12.6. The van der Waals surface area contributed by atoms with Crippen molar-refractivity contribution in [3.05, 3.63) is 71.5 Å². The van der Waals surface area contributed by atoms with Crippen molar-refractivity contribution in [2.24, 2.45) is 4.99 Å². The van der Waals surface area contributed by atoms with E-state index in [1.165, 1.54) is 11.8 Å². The molecular formula is C22H19N5O2S. The fourth-order valence-electron chi connectivity index (χ4n) is 3.37. The number of amides is 1. The fourth-order valence-corrected chi connectivity index (χ4v) is 4.32. The first-order valence-corrected chi connectivity index (χ1v) is 10.5. The molecule has 2 aliphatic heterocycles. The Morgan fingerprint density at radius 2 is 1.80 bits per heavy atom. The number of pyridine rings is 1. The number of hydrogen-bond donors (Lipinski definition) is 0. The van der Waals surface area contributed by atoms with E-state index < -0.39 is 0 Å². The maximum atomic E-state index is 12.6. The molecule has 1 aromatic carbocycles. The van der Waals surface area contributed by atoms with Crippen molar-refractivity contribution in [2.45, 2.75) is 0 Å². The average Bonchev–Trinajstić information content (AvgIpc) is 3.40. The zero-order chi connectivity index (χ0) is 20.3. The second kappa shape index (κ2) is 8.25. The standard InChI is InChI=1S/C22H19N5O2S/c28-21-19(30-22(24-21)26-10-12-29-13-11-26)14-17-15-27(18-4-2-1-3-5-18)25-20(17)16-6-8-23-9-7-16/h1-9,14-15H,10-13H2. The third kappa shape index (κ3) is 3.79. The van der Waals surface area contributed by atoms with E-state index in [4.69, 9.17) is 9.84 Å². The van der Waals surface area contributed by atoms with Crippen LogP contribution in [-0.4, -0.2) is 57.0 Å². The highest BCUT2D eigenvalue weighted by Gasteiger charge is 2.27. The molecule has 0 atom stereocenters. The van der Waals surface area contributed by atoms with E-state index in [1.807, 2.05) is 59.4 Å². The summed E-state index contributed by atoms with van der Waals surface area (Å²) in [5.74, 6) is -0.213. The average molecular weight is 417 g/mol. The third-order valence-corrected chi connectivity index (χ3v) is 5.94. The van der Waals surface area contributed by atoms with E-state index in [0.717, 1.165) is 40.8 Å². The van der Waals surface area contributed by atoms with E-state index in [1.54, 1.807) is 12.4 Å². The summed E-state index contributed by atoms with van der Waals surface area (Å²) in [5, 5.41) is 5.53. The molecular weight excluding hydrogens is 398 g/mol. The highest BCUT2D eigenvalue weighted by atomic mass is 32.2. The van der Waals surface area contributed by atoms with Crippen LogP contribution in [0.15, 0.2) is 71.0 Å². The lowest BCUT2D eigenvalue weighted by Crippen LogP contribution is -2.38. The summed E-state index contributed by atoms with van der Waals surface area (Å²) < 4.78 is 7.23. The van der Waals surface area contributed by atoms with Gasteiger partial charge in [-0.2, -0.15) is 10.1 Å². The van der Waals surface area contributed by atoms with Gasteiger partial charge in [-0.15, -0.1) is 0 Å². The normalized spacial score (nSPS) is 18.1. The van der Waals surface area contributed by atoms with Gasteiger partial charge in [-0.25, -0.2) is 4.68 Å². The number of rotatable bonds is 3. The second-order valence-electron chi connectivity index (χ2n) is 6.86. The molecule has 0 saturated carbocycles. The SMILES string of the molecule is O=C1N=C(N2CCOCC2)SC1=Cc1cn(-c2ccccc2)nc1-c1ccncc1. The molecule has 0 unspecified atom stereocenters. The number of thioether (sulfide) groups is 1. The van der Waals surface area contributed by atoms with Gasteiger partial charge in [0.15, 0.2) is 5.17 Å². The van der Waals surface area contributed by atoms with Crippen LogP contribution >= 0.6 is 11.8 Å². The summed E-state index contributed by atoms with van der Waals surface area (Å²) in [5.41, 5.74) is 3.55. The Morgan fingerprint density at radius 1 is 1.03 bits per heavy atom. The Balaban J connectivity index is 1.50. The molecule has 30 heavy (non-hydrogen) atoms. The van der Waals surface area contributed by atoms with E-state index in [9.17, 15) is 4.79 Å². The first kappa shape index (κ1) is 18.8. The Hall–Kier alpha value is -3.23. The highest BCUT2D eigenvalue weighted by Crippen LogP contribution is 2.33. The van der Waals surface area contributed by atoms with Crippen LogP contribution in [0.2, 0.25) is 0 Å². The van der Waals surface area contributed by atoms with Gasteiger partial charge in [0.1, 0.15) is 5.69 Å². The zero-order valence-corrected chi connectivity index (χ0v) is 17.0. The number of aliphatic imine (C=N–C) groups is 1. The van der Waals surface area contributed by atoms with Gasteiger partial charge < -0.3 is 9.64 Å². The van der Waals surface area contributed by atoms with Gasteiger partial charge in [-0.1, -0.05) is 18.2 Å². The number of para-hydroxylation sites is 1. The molecule has 0 bridgehead atoms. The van der Waals surface area contributed by atoms with Crippen LogP contribution in [0, 0.1) is 0 Å². The summed E-state index contributed by atoms with van der Waals surface area (Å²) in [6, 6.07) is 13.7. The largest absolute Gasteiger partial charge is 0.378 e. The van der Waals surface area contributed by atoms with Gasteiger partial charge in [0, 0.05) is 42.8 Å². The van der Waals surface area contributed by atoms with Gasteiger partial charge in [-0.05, 0) is 42.1 Å². The quantitative estimate of drug-likeness (QED) is 0.609. The number of carbonyl (C=O) groups excluding carboxylic acids is 1. The lowest BCUT2D eigenvalue weighted by atomic mass is 10.1. The molecule has 4 heterocycles. The van der Waals surface area contributed by atoms with Crippen LogP contribution < -0.4 is 0 Å². The van der Waals surface area contributed by atoms with Crippen LogP contribution in [0.1, 0.15) is 5.56 Å². The topological polar surface area (TPSA) is 72.6 Å². The van der Waals surface area contributed by atoms with Crippen LogP contribution in [0.5, 0.6) is 0 Å². The van der Waals surface area contributed by atoms with Gasteiger partial charge >= 0.3 is 0 Å². The van der Waals surface area contributed by atoms with Crippen LogP contribution in [0.3, 0.4) is 0 Å². The molecule has 5 rings (SSSR count). The van der Waals surface area contributed by atoms with E-state index in [2.05, 4.69) is 14.9 Å². The summed E-state index contributed by atoms with van der Waals surface area (Å²) >= 11 is 1.41. The molecule has 0 N–H and O–H groups in total. The molecule has 2 aromatic heterocycles. The summed E-state index contributed by atoms with van der Waals surface area (Å²) in [6.45, 7) is 2.81. The van der Waals surface area contributed by atoms with Crippen molar-refractivity contribution >= 4 is 28.9 Å². The molecule has 1 fully saturated rings. The molecule has 8 heteroatoms. The van der Waals surface area contributed by atoms with E-state index in [0.29, 0.717) is 18.1 Å². The fraction of sp³-hybridized carbons (Fsp3) is 0.182. The van der Waals surface area contributed by atoms with Gasteiger partial charge in [-0.3, -0.25) is 9.78 Å². The number of nitrogens with zero attached hydrogens (tertiary/aromatic N) is 5. The molecule has 0 spiro atoms. The van der Waals surface area contributed by atoms with Crippen molar-refractivity contribution in [3.63, 3.8) is 0 Å². The number of hydrogen-bond acceptors (Lipinski definition) is 6. The smallest absolute Gasteiger partial charge is 0.286 e. The number of amidine groups is 1. The molecule has 0 radical (unpaired) electrons. The third-order valence-electron chi connectivity index (χ3n) is 4.89. The van der Waals surface area contributed by atoms with Gasteiger partial charge in [0.25, 0.3) is 5.91 Å². The highest BCUT2D eigenvalue weighted by molar-refractivity contribution is 8.18. The molecule has 1 saturated heterocycles. The zero-order valence-electron chi connectivity index (χ0n) is 16.1. The molecule has 150 valence electrons. The number of benzene rings is 1. The van der Waals surface area contributed by atoms with Crippen LogP contribution in [-0.2, 0) is 9.53 Å². The minimum absolute atomic E-state index is 0.213. The number of carbonyl (C=O) groups is 1. The van der Waals surface area contributed by atoms with Crippen LogP contribution in [0.25, 0.3) is 23.0 Å².